The zero-order chi connectivity index (χ0) is 24.5. The Bertz CT molecular complexity index is 532. The van der Waals surface area contributed by atoms with Crippen LogP contribution in [0, 0.1) is 0 Å². The van der Waals surface area contributed by atoms with E-state index >= 15 is 0 Å². The van der Waals surface area contributed by atoms with Crippen molar-refractivity contribution in [3.8, 4) is 0 Å². The molecule has 0 radical (unpaired) electrons. The Kier molecular flexibility index (Phi) is 30.0. The summed E-state index contributed by atoms with van der Waals surface area (Å²) in [5, 5.41) is 0. The molecule has 0 atom stereocenters. The van der Waals surface area contributed by atoms with Crippen molar-refractivity contribution in [3.05, 3.63) is 0 Å². The predicted molar refractivity (Wildman–Crippen MR) is 140 cm³/mol. The number of rotatable bonds is 26. The molecule has 0 heterocycles. The van der Waals surface area contributed by atoms with Gasteiger partial charge in [-0.15, -0.1) is 0 Å². The van der Waals surface area contributed by atoms with Crippen molar-refractivity contribution in [1.29, 1.82) is 0 Å². The molecule has 5 nitrogen and oxygen atoms in total. The van der Waals surface area contributed by atoms with Crippen LogP contribution in [0.2, 0.25) is 0 Å². The normalized spacial score (nSPS) is 11.4. The molecule has 0 fully saturated rings. The van der Waals surface area contributed by atoms with Crippen LogP contribution in [0.5, 0.6) is 0 Å². The van der Waals surface area contributed by atoms with E-state index in [1.165, 1.54) is 128 Å². The van der Waals surface area contributed by atoms with E-state index in [0.29, 0.717) is 6.42 Å². The fourth-order valence-electron chi connectivity index (χ4n) is 4.24. The second-order valence-corrected chi connectivity index (χ2v) is 10.9. The minimum Gasteiger partial charge on any atom is -1.00 e. The van der Waals surface area contributed by atoms with Gasteiger partial charge in [0.05, 0.1) is 7.11 Å². The van der Waals surface area contributed by atoms with E-state index in [9.17, 15) is 13.2 Å². The van der Waals surface area contributed by atoms with Gasteiger partial charge in [-0.05, 0) is 6.42 Å². The van der Waals surface area contributed by atoms with Crippen LogP contribution in [0.25, 0.3) is 0 Å². The zero-order valence-corrected chi connectivity index (χ0v) is 25.7. The van der Waals surface area contributed by atoms with Crippen molar-refractivity contribution in [1.82, 2.24) is 0 Å². The van der Waals surface area contributed by atoms with E-state index in [-0.39, 0.29) is 37.4 Å². The average Bonchev–Trinajstić information content (AvgIpc) is 2.79. The van der Waals surface area contributed by atoms with Crippen molar-refractivity contribution in [2.45, 2.75) is 161 Å². The second kappa shape index (κ2) is 28.0. The fourth-order valence-corrected chi connectivity index (χ4v) is 4.62. The number of hydrogen-bond acceptors (Lipinski definition) is 5. The summed E-state index contributed by atoms with van der Waals surface area (Å²) in [5.41, 5.74) is 0. The average molecular weight is 515 g/mol. The monoisotopic (exact) mass is 514 g/mol. The van der Waals surface area contributed by atoms with Crippen LogP contribution in [0.15, 0.2) is 0 Å². The third-order valence-corrected chi connectivity index (χ3v) is 7.18. The van der Waals surface area contributed by atoms with Crippen molar-refractivity contribution in [2.75, 3.05) is 7.11 Å². The summed E-state index contributed by atoms with van der Waals surface area (Å²) < 4.78 is 30.3. The first-order valence-corrected chi connectivity index (χ1v) is 15.4. The van der Waals surface area contributed by atoms with E-state index in [0.717, 1.165) is 20.0 Å². The van der Waals surface area contributed by atoms with Crippen LogP contribution >= 0.6 is 0 Å². The molecule has 34 heavy (non-hydrogen) atoms. The van der Waals surface area contributed by atoms with Crippen molar-refractivity contribution in [3.63, 3.8) is 0 Å². The van der Waals surface area contributed by atoms with E-state index in [1.807, 2.05) is 0 Å². The molecule has 0 bridgehead atoms. The molecule has 0 amide bonds. The summed E-state index contributed by atoms with van der Waals surface area (Å²) in [6.07, 6.45) is 30.6. The molecule has 0 aromatic carbocycles. The molecule has 200 valence electrons. The van der Waals surface area contributed by atoms with Crippen molar-refractivity contribution >= 4 is 16.4 Å². The van der Waals surface area contributed by atoms with Crippen LogP contribution in [0.3, 0.4) is 0 Å². The molecule has 0 N–H and O–H groups in total. The minimum absolute atomic E-state index is 0. The quantitative estimate of drug-likeness (QED) is 0.106. The molecule has 0 unspecified atom stereocenters. The van der Waals surface area contributed by atoms with Gasteiger partial charge >= 0.3 is 45.9 Å². The third-order valence-electron chi connectivity index (χ3n) is 6.38. The molecule has 0 rings (SSSR count). The van der Waals surface area contributed by atoms with E-state index in [1.54, 1.807) is 0 Å². The van der Waals surface area contributed by atoms with E-state index in [4.69, 9.17) is 0 Å². The standard InChI is InChI=1S/C27H54O5S.Na.H/c1-3-4-5-6-7-8-9-10-11-12-13-14-15-16-17-18-19-20-21-22-23-24-25-26-27(28)32-33(29,30)31-2;;/h3-26H2,1-2H3;;/q;+1;-1. The van der Waals surface area contributed by atoms with E-state index in [2.05, 4.69) is 15.3 Å². The molecular formula is C27H55NaO5S. The zero-order valence-electron chi connectivity index (χ0n) is 23.9. The SMILES string of the molecule is CCCCCCCCCCCCCCCCCCCCCCCCCC(=O)OS(=O)(=O)OC.[H-].[Na+]. The van der Waals surface area contributed by atoms with Crippen LogP contribution in [-0.4, -0.2) is 21.5 Å². The summed E-state index contributed by atoms with van der Waals surface area (Å²) in [6, 6.07) is 0. The van der Waals surface area contributed by atoms with Gasteiger partial charge in [0.15, 0.2) is 0 Å². The van der Waals surface area contributed by atoms with Gasteiger partial charge in [0, 0.05) is 6.42 Å². The molecule has 7 heteroatoms. The summed E-state index contributed by atoms with van der Waals surface area (Å²) in [4.78, 5) is 11.4. The molecule has 0 aromatic rings. The van der Waals surface area contributed by atoms with Gasteiger partial charge in [0.1, 0.15) is 0 Å². The van der Waals surface area contributed by atoms with Gasteiger partial charge in [-0.25, -0.2) is 4.18 Å². The number of hydrogen-bond donors (Lipinski definition) is 0. The third kappa shape index (κ3) is 28.6. The molecule has 0 aliphatic rings. The van der Waals surface area contributed by atoms with Crippen LogP contribution in [-0.2, 0) is 23.6 Å². The van der Waals surface area contributed by atoms with Gasteiger partial charge in [-0.3, -0.25) is 4.79 Å². The molecule has 0 saturated carbocycles. The largest absolute Gasteiger partial charge is 1.00 e. The second-order valence-electron chi connectivity index (χ2n) is 9.56. The molecule has 0 aliphatic heterocycles. The number of unbranched alkanes of at least 4 members (excludes halogenated alkanes) is 22. The maximum absolute atomic E-state index is 11.4. The van der Waals surface area contributed by atoms with Crippen LogP contribution < -0.4 is 29.6 Å². The Morgan fingerprint density at radius 2 is 0.824 bits per heavy atom. The van der Waals surface area contributed by atoms with Crippen LogP contribution in [0.1, 0.15) is 162 Å². The smallest absolute Gasteiger partial charge is 1.00 e. The predicted octanol–water partition coefficient (Wildman–Crippen LogP) is 5.92. The summed E-state index contributed by atoms with van der Waals surface area (Å²) in [5.74, 6) is -0.736. The summed E-state index contributed by atoms with van der Waals surface area (Å²) >= 11 is 0. The van der Waals surface area contributed by atoms with Gasteiger partial charge in [0.25, 0.3) is 0 Å². The first-order valence-electron chi connectivity index (χ1n) is 14.0. The summed E-state index contributed by atoms with van der Waals surface area (Å²) in [6.45, 7) is 2.28. The Morgan fingerprint density at radius 3 is 1.09 bits per heavy atom. The Hall–Kier alpha value is 0.380. The molecular weight excluding hydrogens is 459 g/mol. The Morgan fingerprint density at radius 1 is 0.559 bits per heavy atom. The van der Waals surface area contributed by atoms with Gasteiger partial charge in [-0.1, -0.05) is 148 Å². The molecule has 0 aliphatic carbocycles. The van der Waals surface area contributed by atoms with Gasteiger partial charge in [-0.2, -0.15) is 8.42 Å². The molecule has 0 spiro atoms. The molecule has 0 aromatic heterocycles. The van der Waals surface area contributed by atoms with Crippen molar-refractivity contribution in [2.24, 2.45) is 0 Å². The van der Waals surface area contributed by atoms with Gasteiger partial charge < -0.3 is 5.61 Å². The van der Waals surface area contributed by atoms with Crippen molar-refractivity contribution < 1.29 is 52.6 Å². The topological polar surface area (TPSA) is 69.7 Å². The summed E-state index contributed by atoms with van der Waals surface area (Å²) in [7, 11) is -3.17. The maximum Gasteiger partial charge on any atom is 1.00 e. The van der Waals surface area contributed by atoms with E-state index < -0.39 is 16.4 Å². The van der Waals surface area contributed by atoms with Crippen LogP contribution in [0.4, 0.5) is 0 Å². The minimum atomic E-state index is -4.15. The Balaban J connectivity index is -0.00000512. The number of carbonyl (C=O) groups is 1. The first-order chi connectivity index (χ1) is 16.0. The number of carbonyl (C=O) groups excluding carboxylic acids is 1. The fraction of sp³-hybridized carbons (Fsp3) is 0.963. The Labute approximate surface area is 236 Å². The van der Waals surface area contributed by atoms with Gasteiger partial charge in [0.2, 0.25) is 0 Å². The first kappa shape index (κ1) is 36.5. The maximum atomic E-state index is 11.4. The molecule has 0 saturated heterocycles.